The van der Waals surface area contributed by atoms with Crippen LogP contribution in [0, 0.1) is 11.3 Å². The van der Waals surface area contributed by atoms with Crippen LogP contribution in [0.4, 0.5) is 0 Å². The topological polar surface area (TPSA) is 33.3 Å². The van der Waals surface area contributed by atoms with Gasteiger partial charge < -0.3 is 15.4 Å². The highest BCUT2D eigenvalue weighted by Gasteiger charge is 2.27. The highest BCUT2D eigenvalue weighted by molar-refractivity contribution is 4.82. The molecule has 2 heterocycles. The maximum atomic E-state index is 5.39. The van der Waals surface area contributed by atoms with Gasteiger partial charge in [-0.25, -0.2) is 0 Å². The van der Waals surface area contributed by atoms with Crippen molar-refractivity contribution in [3.8, 4) is 0 Å². The van der Waals surface area contributed by atoms with Crippen molar-refractivity contribution < 1.29 is 4.74 Å². The third-order valence-electron chi connectivity index (χ3n) is 3.55. The summed E-state index contributed by atoms with van der Waals surface area (Å²) in [6.07, 6.45) is 2.42. The average molecular weight is 198 g/mol. The number of ether oxygens (including phenoxy) is 1. The van der Waals surface area contributed by atoms with Crippen LogP contribution in [0.3, 0.4) is 0 Å². The summed E-state index contributed by atoms with van der Waals surface area (Å²) < 4.78 is 5.39. The molecule has 2 rings (SSSR count). The van der Waals surface area contributed by atoms with Gasteiger partial charge in [0.2, 0.25) is 0 Å². The van der Waals surface area contributed by atoms with Crippen LogP contribution in [0.1, 0.15) is 19.8 Å². The van der Waals surface area contributed by atoms with Gasteiger partial charge in [0.15, 0.2) is 0 Å². The molecule has 3 heteroatoms. The minimum atomic E-state index is 0.482. The van der Waals surface area contributed by atoms with Gasteiger partial charge in [0.05, 0.1) is 0 Å². The number of rotatable bonds is 4. The van der Waals surface area contributed by atoms with Crippen molar-refractivity contribution in [2.75, 3.05) is 39.4 Å². The highest BCUT2D eigenvalue weighted by atomic mass is 16.5. The molecular weight excluding hydrogens is 176 g/mol. The van der Waals surface area contributed by atoms with Gasteiger partial charge in [-0.15, -0.1) is 0 Å². The molecule has 82 valence electrons. The van der Waals surface area contributed by atoms with Gasteiger partial charge in [-0.3, -0.25) is 0 Å². The zero-order valence-electron chi connectivity index (χ0n) is 9.14. The van der Waals surface area contributed by atoms with Gasteiger partial charge in [-0.2, -0.15) is 0 Å². The Kier molecular flexibility index (Phi) is 3.42. The largest absolute Gasteiger partial charge is 0.381 e. The standard InChI is InChI=1S/C11H22N2O/c1-11(2-4-14-5-3-11)9-13-8-10-6-12-7-10/h10,12-13H,2-9H2,1H3. The monoisotopic (exact) mass is 198 g/mol. The van der Waals surface area contributed by atoms with Crippen LogP contribution in [-0.2, 0) is 4.74 Å². The van der Waals surface area contributed by atoms with Crippen molar-refractivity contribution in [3.05, 3.63) is 0 Å². The average Bonchev–Trinajstić information content (AvgIpc) is 2.11. The van der Waals surface area contributed by atoms with Crippen molar-refractivity contribution >= 4 is 0 Å². The van der Waals surface area contributed by atoms with E-state index in [0.717, 1.165) is 25.7 Å². The van der Waals surface area contributed by atoms with Crippen LogP contribution >= 0.6 is 0 Å². The molecule has 0 radical (unpaired) electrons. The second-order valence-electron chi connectivity index (χ2n) is 5.08. The maximum absolute atomic E-state index is 5.39. The fraction of sp³-hybridized carbons (Fsp3) is 1.00. The van der Waals surface area contributed by atoms with Crippen LogP contribution < -0.4 is 10.6 Å². The molecule has 3 nitrogen and oxygen atoms in total. The molecule has 2 N–H and O–H groups in total. The van der Waals surface area contributed by atoms with E-state index in [1.807, 2.05) is 0 Å². The zero-order chi connectivity index (χ0) is 9.86. The van der Waals surface area contributed by atoms with Gasteiger partial charge in [0, 0.05) is 39.4 Å². The molecule has 0 aromatic heterocycles. The zero-order valence-corrected chi connectivity index (χ0v) is 9.14. The van der Waals surface area contributed by atoms with Gasteiger partial charge >= 0.3 is 0 Å². The Morgan fingerprint density at radius 3 is 2.64 bits per heavy atom. The van der Waals surface area contributed by atoms with E-state index >= 15 is 0 Å². The lowest BCUT2D eigenvalue weighted by atomic mass is 9.82. The van der Waals surface area contributed by atoms with Crippen LogP contribution in [0.2, 0.25) is 0 Å². The summed E-state index contributed by atoms with van der Waals surface area (Å²) in [4.78, 5) is 0. The number of hydrogen-bond acceptors (Lipinski definition) is 3. The summed E-state index contributed by atoms with van der Waals surface area (Å²) in [7, 11) is 0. The minimum absolute atomic E-state index is 0.482. The van der Waals surface area contributed by atoms with E-state index in [1.54, 1.807) is 0 Å². The van der Waals surface area contributed by atoms with Crippen molar-refractivity contribution in [1.29, 1.82) is 0 Å². The molecule has 0 amide bonds. The molecule has 2 aliphatic heterocycles. The molecule has 0 saturated carbocycles. The third-order valence-corrected chi connectivity index (χ3v) is 3.55. The molecule has 0 unspecified atom stereocenters. The predicted octanol–water partition coefficient (Wildman–Crippen LogP) is 0.612. The van der Waals surface area contributed by atoms with Crippen LogP contribution in [0.5, 0.6) is 0 Å². The summed E-state index contributed by atoms with van der Waals surface area (Å²) in [6.45, 7) is 9.02. The van der Waals surface area contributed by atoms with Crippen molar-refractivity contribution in [1.82, 2.24) is 10.6 Å². The Labute approximate surface area is 86.6 Å². The van der Waals surface area contributed by atoms with Crippen LogP contribution in [0.25, 0.3) is 0 Å². The summed E-state index contributed by atoms with van der Waals surface area (Å²) in [5.41, 5.74) is 0.482. The SMILES string of the molecule is CC1(CNCC2CNC2)CCOCC1. The predicted molar refractivity (Wildman–Crippen MR) is 57.4 cm³/mol. The van der Waals surface area contributed by atoms with Gasteiger partial charge in [-0.1, -0.05) is 6.92 Å². The van der Waals surface area contributed by atoms with E-state index in [-0.39, 0.29) is 0 Å². The molecule has 0 spiro atoms. The lowest BCUT2D eigenvalue weighted by Crippen LogP contribution is -2.49. The fourth-order valence-corrected chi connectivity index (χ4v) is 2.11. The first-order chi connectivity index (χ1) is 6.79. The first-order valence-electron chi connectivity index (χ1n) is 5.78. The van der Waals surface area contributed by atoms with E-state index < -0.39 is 0 Å². The number of hydrogen-bond donors (Lipinski definition) is 2. The Hall–Kier alpha value is -0.120. The Bertz CT molecular complexity index is 174. The number of nitrogens with one attached hydrogen (secondary N) is 2. The molecular formula is C11H22N2O. The van der Waals surface area contributed by atoms with E-state index in [1.165, 1.54) is 32.5 Å². The smallest absolute Gasteiger partial charge is 0.0471 e. The molecule has 2 fully saturated rings. The summed E-state index contributed by atoms with van der Waals surface area (Å²) in [5, 5.41) is 6.90. The lowest BCUT2D eigenvalue weighted by Gasteiger charge is -2.35. The molecule has 2 saturated heterocycles. The van der Waals surface area contributed by atoms with E-state index in [4.69, 9.17) is 4.74 Å². The molecule has 0 aromatic carbocycles. The molecule has 0 aliphatic carbocycles. The Morgan fingerprint density at radius 1 is 1.36 bits per heavy atom. The van der Waals surface area contributed by atoms with Gasteiger partial charge in [-0.05, 0) is 24.2 Å². The minimum Gasteiger partial charge on any atom is -0.381 e. The van der Waals surface area contributed by atoms with Crippen LogP contribution in [0.15, 0.2) is 0 Å². The van der Waals surface area contributed by atoms with E-state index in [2.05, 4.69) is 17.6 Å². The van der Waals surface area contributed by atoms with E-state index in [0.29, 0.717) is 5.41 Å². The second kappa shape index (κ2) is 4.60. The van der Waals surface area contributed by atoms with Crippen LogP contribution in [-0.4, -0.2) is 39.4 Å². The maximum Gasteiger partial charge on any atom is 0.0471 e. The molecule has 2 aliphatic rings. The third kappa shape index (κ3) is 2.69. The molecule has 0 bridgehead atoms. The first kappa shape index (κ1) is 10.4. The summed E-state index contributed by atoms with van der Waals surface area (Å²) in [6, 6.07) is 0. The Balaban J connectivity index is 1.62. The molecule has 14 heavy (non-hydrogen) atoms. The van der Waals surface area contributed by atoms with Crippen molar-refractivity contribution in [2.24, 2.45) is 11.3 Å². The normalized spacial score (nSPS) is 27.2. The Morgan fingerprint density at radius 2 is 2.07 bits per heavy atom. The lowest BCUT2D eigenvalue weighted by molar-refractivity contribution is 0.0235. The quantitative estimate of drug-likeness (QED) is 0.694. The highest BCUT2D eigenvalue weighted by Crippen LogP contribution is 2.28. The van der Waals surface area contributed by atoms with Crippen molar-refractivity contribution in [3.63, 3.8) is 0 Å². The first-order valence-corrected chi connectivity index (χ1v) is 5.78. The summed E-state index contributed by atoms with van der Waals surface area (Å²) in [5.74, 6) is 0.874. The summed E-state index contributed by atoms with van der Waals surface area (Å²) >= 11 is 0. The fourth-order valence-electron chi connectivity index (χ4n) is 2.11. The van der Waals surface area contributed by atoms with Gasteiger partial charge in [0.25, 0.3) is 0 Å². The second-order valence-corrected chi connectivity index (χ2v) is 5.08. The molecule has 0 atom stereocenters. The van der Waals surface area contributed by atoms with Gasteiger partial charge in [0.1, 0.15) is 0 Å². The molecule has 0 aromatic rings. The van der Waals surface area contributed by atoms with Crippen molar-refractivity contribution in [2.45, 2.75) is 19.8 Å². The van der Waals surface area contributed by atoms with E-state index in [9.17, 15) is 0 Å².